The van der Waals surface area contributed by atoms with Crippen LogP contribution >= 0.6 is 0 Å². The van der Waals surface area contributed by atoms with Crippen molar-refractivity contribution in [1.29, 1.82) is 0 Å². The topological polar surface area (TPSA) is 0 Å². The Kier molecular flexibility index (Phi) is 6.20. The monoisotopic (exact) mass is 312 g/mol. The van der Waals surface area contributed by atoms with E-state index in [0.717, 1.165) is 23.7 Å². The molecule has 0 heteroatoms. The molecule has 2 saturated carbocycles. The molecule has 2 aliphatic carbocycles. The van der Waals surface area contributed by atoms with Crippen molar-refractivity contribution in [2.24, 2.45) is 11.8 Å². The van der Waals surface area contributed by atoms with E-state index in [4.69, 9.17) is 0 Å². The maximum Gasteiger partial charge on any atom is -0.0162 e. The molecule has 2 aliphatic rings. The lowest BCUT2D eigenvalue weighted by molar-refractivity contribution is 0.304. The van der Waals surface area contributed by atoms with Gasteiger partial charge in [-0.1, -0.05) is 70.2 Å². The van der Waals surface area contributed by atoms with Crippen molar-refractivity contribution in [2.75, 3.05) is 0 Å². The van der Waals surface area contributed by atoms with E-state index in [2.05, 4.69) is 38.1 Å². The first-order valence-corrected chi connectivity index (χ1v) is 10.4. The molecule has 0 N–H and O–H groups in total. The lowest BCUT2D eigenvalue weighted by Gasteiger charge is -2.30. The van der Waals surface area contributed by atoms with Crippen LogP contribution in [0, 0.1) is 11.8 Å². The normalized spacial score (nSPS) is 31.9. The van der Waals surface area contributed by atoms with Crippen molar-refractivity contribution in [2.45, 2.75) is 96.3 Å². The van der Waals surface area contributed by atoms with E-state index in [1.807, 2.05) is 0 Å². The Morgan fingerprint density at radius 1 is 0.739 bits per heavy atom. The Hall–Kier alpha value is -0.780. The molecule has 0 radical (unpaired) electrons. The molecule has 23 heavy (non-hydrogen) atoms. The summed E-state index contributed by atoms with van der Waals surface area (Å²) in [5, 5.41) is 0. The minimum absolute atomic E-state index is 0.838. The molecule has 0 atom stereocenters. The number of hydrogen-bond acceptors (Lipinski definition) is 0. The van der Waals surface area contributed by atoms with Crippen molar-refractivity contribution < 1.29 is 0 Å². The minimum atomic E-state index is 0.838. The highest BCUT2D eigenvalue weighted by Gasteiger charge is 2.23. The van der Waals surface area contributed by atoms with Gasteiger partial charge < -0.3 is 0 Å². The fourth-order valence-corrected chi connectivity index (χ4v) is 4.91. The zero-order valence-electron chi connectivity index (χ0n) is 15.4. The van der Waals surface area contributed by atoms with E-state index in [1.165, 1.54) is 70.6 Å². The van der Waals surface area contributed by atoms with Gasteiger partial charge in [0.2, 0.25) is 0 Å². The molecule has 0 amide bonds. The SMILES string of the molecule is CCCC[C@H]1CC[C@H](c2ccc([C@H]3CC[C@H](C)CC3)cc2)CC1. The molecule has 1 aromatic carbocycles. The summed E-state index contributed by atoms with van der Waals surface area (Å²) in [6, 6.07) is 9.84. The van der Waals surface area contributed by atoms with Gasteiger partial charge in [-0.25, -0.2) is 0 Å². The average Bonchev–Trinajstić information content (AvgIpc) is 2.61. The Morgan fingerprint density at radius 2 is 1.22 bits per heavy atom. The third-order valence-electron chi connectivity index (χ3n) is 6.71. The smallest absolute Gasteiger partial charge is 0.0162 e. The first-order chi connectivity index (χ1) is 11.3. The highest BCUT2D eigenvalue weighted by molar-refractivity contribution is 5.28. The molecule has 0 bridgehead atoms. The van der Waals surface area contributed by atoms with E-state index in [9.17, 15) is 0 Å². The quantitative estimate of drug-likeness (QED) is 0.529. The number of benzene rings is 1. The molecule has 1 aromatic rings. The first-order valence-electron chi connectivity index (χ1n) is 10.4. The van der Waals surface area contributed by atoms with Crippen LogP contribution in [-0.4, -0.2) is 0 Å². The summed E-state index contributed by atoms with van der Waals surface area (Å²) in [7, 11) is 0. The summed E-state index contributed by atoms with van der Waals surface area (Å²) in [4.78, 5) is 0. The van der Waals surface area contributed by atoms with Crippen molar-refractivity contribution >= 4 is 0 Å². The zero-order valence-corrected chi connectivity index (χ0v) is 15.4. The minimum Gasteiger partial charge on any atom is -0.0654 e. The van der Waals surface area contributed by atoms with Gasteiger partial charge in [0, 0.05) is 0 Å². The van der Waals surface area contributed by atoms with Gasteiger partial charge in [-0.2, -0.15) is 0 Å². The molecule has 0 heterocycles. The third kappa shape index (κ3) is 4.61. The summed E-state index contributed by atoms with van der Waals surface area (Å²) in [5.74, 6) is 3.65. The van der Waals surface area contributed by atoms with Gasteiger partial charge in [-0.3, -0.25) is 0 Å². The standard InChI is InChI=1S/C23H36/c1-3-4-5-19-8-12-21(13-9-19)23-16-14-22(15-17-23)20-10-6-18(2)7-11-20/h14-21H,3-13H2,1-2H3/t18-,19-,20-,21-. The lowest BCUT2D eigenvalue weighted by Crippen LogP contribution is -2.14. The maximum absolute atomic E-state index is 2.46. The van der Waals surface area contributed by atoms with Gasteiger partial charge in [-0.05, 0) is 73.3 Å². The molecule has 2 fully saturated rings. The van der Waals surface area contributed by atoms with Crippen LogP contribution in [0.2, 0.25) is 0 Å². The zero-order chi connectivity index (χ0) is 16.1. The predicted molar refractivity (Wildman–Crippen MR) is 101 cm³/mol. The van der Waals surface area contributed by atoms with Crippen LogP contribution in [0.1, 0.15) is 107 Å². The number of unbranched alkanes of at least 4 members (excludes halogenated alkanes) is 1. The molecule has 0 unspecified atom stereocenters. The fourth-order valence-electron chi connectivity index (χ4n) is 4.91. The molecule has 0 saturated heterocycles. The molecule has 0 nitrogen and oxygen atoms in total. The van der Waals surface area contributed by atoms with Gasteiger partial charge in [0.15, 0.2) is 0 Å². The number of hydrogen-bond donors (Lipinski definition) is 0. The maximum atomic E-state index is 2.46. The Balaban J connectivity index is 1.52. The second-order valence-corrected chi connectivity index (χ2v) is 8.48. The van der Waals surface area contributed by atoms with Crippen LogP contribution in [-0.2, 0) is 0 Å². The molecule has 0 aromatic heterocycles. The van der Waals surface area contributed by atoms with Crippen LogP contribution in [0.15, 0.2) is 24.3 Å². The fraction of sp³-hybridized carbons (Fsp3) is 0.739. The third-order valence-corrected chi connectivity index (χ3v) is 6.71. The Morgan fingerprint density at radius 3 is 1.70 bits per heavy atom. The van der Waals surface area contributed by atoms with Gasteiger partial charge in [0.1, 0.15) is 0 Å². The first kappa shape index (κ1) is 17.1. The predicted octanol–water partition coefficient (Wildman–Crippen LogP) is 7.44. The van der Waals surface area contributed by atoms with E-state index < -0.39 is 0 Å². The van der Waals surface area contributed by atoms with E-state index in [1.54, 1.807) is 11.1 Å². The summed E-state index contributed by atoms with van der Waals surface area (Å²) in [5.41, 5.74) is 3.23. The van der Waals surface area contributed by atoms with Crippen molar-refractivity contribution in [3.8, 4) is 0 Å². The van der Waals surface area contributed by atoms with Crippen LogP contribution in [0.4, 0.5) is 0 Å². The van der Waals surface area contributed by atoms with Crippen LogP contribution in [0.25, 0.3) is 0 Å². The Bertz CT molecular complexity index is 441. The average molecular weight is 313 g/mol. The van der Waals surface area contributed by atoms with E-state index >= 15 is 0 Å². The van der Waals surface area contributed by atoms with Gasteiger partial charge in [0.05, 0.1) is 0 Å². The number of rotatable bonds is 5. The van der Waals surface area contributed by atoms with Crippen molar-refractivity contribution in [3.05, 3.63) is 35.4 Å². The highest BCUT2D eigenvalue weighted by Crippen LogP contribution is 2.39. The van der Waals surface area contributed by atoms with Gasteiger partial charge in [0.25, 0.3) is 0 Å². The van der Waals surface area contributed by atoms with Crippen molar-refractivity contribution in [1.82, 2.24) is 0 Å². The second kappa shape index (κ2) is 8.36. The van der Waals surface area contributed by atoms with E-state index in [-0.39, 0.29) is 0 Å². The lowest BCUT2D eigenvalue weighted by atomic mass is 9.76. The van der Waals surface area contributed by atoms with Gasteiger partial charge in [-0.15, -0.1) is 0 Å². The van der Waals surface area contributed by atoms with Crippen molar-refractivity contribution in [3.63, 3.8) is 0 Å². The molecular formula is C23H36. The summed E-state index contributed by atoms with van der Waals surface area (Å²) < 4.78 is 0. The largest absolute Gasteiger partial charge is 0.0654 e. The summed E-state index contributed by atoms with van der Waals surface area (Å²) in [6.45, 7) is 4.73. The van der Waals surface area contributed by atoms with Crippen LogP contribution in [0.3, 0.4) is 0 Å². The van der Waals surface area contributed by atoms with Crippen LogP contribution < -0.4 is 0 Å². The highest BCUT2D eigenvalue weighted by atomic mass is 14.3. The molecule has 3 rings (SSSR count). The van der Waals surface area contributed by atoms with Crippen LogP contribution in [0.5, 0.6) is 0 Å². The van der Waals surface area contributed by atoms with Gasteiger partial charge >= 0.3 is 0 Å². The Labute approximate surface area is 144 Å². The summed E-state index contributed by atoms with van der Waals surface area (Å²) >= 11 is 0. The second-order valence-electron chi connectivity index (χ2n) is 8.48. The molecular weight excluding hydrogens is 276 g/mol. The summed E-state index contributed by atoms with van der Waals surface area (Å²) in [6.07, 6.45) is 15.7. The van der Waals surface area contributed by atoms with E-state index in [0.29, 0.717) is 0 Å². The molecule has 0 aliphatic heterocycles. The molecule has 128 valence electrons. The molecule has 0 spiro atoms.